The molecule has 8 heteroatoms. The average Bonchev–Trinajstić information content (AvgIpc) is 2.44. The Morgan fingerprint density at radius 1 is 1.52 bits per heavy atom. The molecule has 1 atom stereocenters. The topological polar surface area (TPSA) is 82.2 Å². The number of halogens is 3. The number of nitrogens with two attached hydrogens (primary N) is 1. The minimum absolute atomic E-state index is 0.0760. The molecule has 0 aliphatic rings. The van der Waals surface area contributed by atoms with E-state index >= 15 is 0 Å². The van der Waals surface area contributed by atoms with E-state index in [1.54, 1.807) is 6.92 Å². The summed E-state index contributed by atoms with van der Waals surface area (Å²) in [6, 6.07) is 4.71. The van der Waals surface area contributed by atoms with E-state index in [0.717, 1.165) is 12.1 Å². The molecule has 1 rings (SSSR count). The Morgan fingerprint density at radius 2 is 2.14 bits per heavy atom. The highest BCUT2D eigenvalue weighted by atomic mass is 19.4. The van der Waals surface area contributed by atoms with E-state index in [2.05, 4.69) is 0 Å². The van der Waals surface area contributed by atoms with Crippen molar-refractivity contribution in [2.75, 3.05) is 12.5 Å². The SMILES string of the molecule is CC(CC#N)N(C)C(=O)c1cccc(C(F)(F)F)c1NN. The third kappa shape index (κ3) is 3.64. The summed E-state index contributed by atoms with van der Waals surface area (Å²) in [6.45, 7) is 1.63. The highest BCUT2D eigenvalue weighted by molar-refractivity contribution is 6.00. The van der Waals surface area contributed by atoms with Crippen LogP contribution in [0.1, 0.15) is 29.3 Å². The predicted octanol–water partition coefficient (Wildman–Crippen LogP) is 2.37. The minimum atomic E-state index is -4.63. The van der Waals surface area contributed by atoms with Crippen LogP contribution in [0.2, 0.25) is 0 Å². The van der Waals surface area contributed by atoms with Crippen LogP contribution in [0, 0.1) is 11.3 Å². The van der Waals surface area contributed by atoms with Crippen molar-refractivity contribution in [3.05, 3.63) is 29.3 Å². The van der Waals surface area contributed by atoms with Gasteiger partial charge in [0.2, 0.25) is 0 Å². The summed E-state index contributed by atoms with van der Waals surface area (Å²) >= 11 is 0. The van der Waals surface area contributed by atoms with Crippen LogP contribution >= 0.6 is 0 Å². The van der Waals surface area contributed by atoms with Gasteiger partial charge in [-0.25, -0.2) is 0 Å². The predicted molar refractivity (Wildman–Crippen MR) is 71.0 cm³/mol. The molecule has 0 aliphatic carbocycles. The second-order valence-corrected chi connectivity index (χ2v) is 4.50. The fraction of sp³-hybridized carbons (Fsp3) is 0.385. The third-order valence-corrected chi connectivity index (χ3v) is 3.11. The zero-order chi connectivity index (χ0) is 16.2. The number of nitrogens with zero attached hydrogens (tertiary/aromatic N) is 2. The zero-order valence-electron chi connectivity index (χ0n) is 11.5. The molecule has 0 aromatic heterocycles. The second-order valence-electron chi connectivity index (χ2n) is 4.50. The Kier molecular flexibility index (Phi) is 5.16. The van der Waals surface area contributed by atoms with Gasteiger partial charge in [0.15, 0.2) is 0 Å². The Bertz CT molecular complexity index is 566. The van der Waals surface area contributed by atoms with Crippen LogP contribution in [0.15, 0.2) is 18.2 Å². The lowest BCUT2D eigenvalue weighted by atomic mass is 10.0. The molecule has 0 heterocycles. The quantitative estimate of drug-likeness (QED) is 0.660. The number of rotatable bonds is 4. The van der Waals surface area contributed by atoms with Crippen molar-refractivity contribution in [2.45, 2.75) is 25.6 Å². The maximum absolute atomic E-state index is 12.9. The van der Waals surface area contributed by atoms with E-state index in [9.17, 15) is 18.0 Å². The highest BCUT2D eigenvalue weighted by Crippen LogP contribution is 2.36. The Morgan fingerprint density at radius 3 is 2.62 bits per heavy atom. The number of amides is 1. The van der Waals surface area contributed by atoms with Crippen molar-refractivity contribution in [2.24, 2.45) is 5.84 Å². The minimum Gasteiger partial charge on any atom is -0.338 e. The lowest BCUT2D eigenvalue weighted by Crippen LogP contribution is -2.35. The third-order valence-electron chi connectivity index (χ3n) is 3.11. The first-order chi connectivity index (χ1) is 9.73. The first kappa shape index (κ1) is 16.8. The molecule has 21 heavy (non-hydrogen) atoms. The first-order valence-electron chi connectivity index (χ1n) is 6.05. The second kappa shape index (κ2) is 6.45. The summed E-state index contributed by atoms with van der Waals surface area (Å²) in [5.74, 6) is 4.51. The van der Waals surface area contributed by atoms with E-state index in [1.165, 1.54) is 18.0 Å². The monoisotopic (exact) mass is 300 g/mol. The molecule has 0 saturated heterocycles. The molecule has 0 radical (unpaired) electrons. The van der Waals surface area contributed by atoms with Crippen LogP contribution < -0.4 is 11.3 Å². The van der Waals surface area contributed by atoms with Gasteiger partial charge in [-0.2, -0.15) is 18.4 Å². The van der Waals surface area contributed by atoms with Crippen LogP contribution in [-0.2, 0) is 6.18 Å². The fourth-order valence-electron chi connectivity index (χ4n) is 1.78. The molecule has 1 amide bonds. The van der Waals surface area contributed by atoms with Gasteiger partial charge in [-0.05, 0) is 19.1 Å². The van der Waals surface area contributed by atoms with Crippen molar-refractivity contribution in [1.82, 2.24) is 4.90 Å². The number of hydrogen-bond donors (Lipinski definition) is 2. The Balaban J connectivity index is 3.25. The summed E-state index contributed by atoms with van der Waals surface area (Å²) in [7, 11) is 1.42. The summed E-state index contributed by atoms with van der Waals surface area (Å²) in [5, 5.41) is 8.62. The largest absolute Gasteiger partial charge is 0.418 e. The van der Waals surface area contributed by atoms with Crippen molar-refractivity contribution in [3.63, 3.8) is 0 Å². The van der Waals surface area contributed by atoms with Crippen LogP contribution in [-0.4, -0.2) is 23.9 Å². The van der Waals surface area contributed by atoms with Crippen LogP contribution in [0.25, 0.3) is 0 Å². The van der Waals surface area contributed by atoms with Gasteiger partial charge in [0.1, 0.15) is 0 Å². The number of hydrogen-bond acceptors (Lipinski definition) is 4. The van der Waals surface area contributed by atoms with Gasteiger partial charge < -0.3 is 10.3 Å². The molecule has 1 aromatic rings. The average molecular weight is 300 g/mol. The van der Waals surface area contributed by atoms with Crippen molar-refractivity contribution in [3.8, 4) is 6.07 Å². The Hall–Kier alpha value is -2.27. The molecule has 0 spiro atoms. The van der Waals surface area contributed by atoms with Gasteiger partial charge in [0.25, 0.3) is 5.91 Å². The van der Waals surface area contributed by atoms with Gasteiger partial charge in [-0.3, -0.25) is 10.6 Å². The molecule has 5 nitrogen and oxygen atoms in total. The fourth-order valence-corrected chi connectivity index (χ4v) is 1.78. The summed E-state index contributed by atoms with van der Waals surface area (Å²) in [6.07, 6.45) is -4.55. The van der Waals surface area contributed by atoms with Gasteiger partial charge >= 0.3 is 6.18 Å². The molecule has 0 bridgehead atoms. The first-order valence-corrected chi connectivity index (χ1v) is 6.05. The molecule has 114 valence electrons. The summed E-state index contributed by atoms with van der Waals surface area (Å²) in [5.41, 5.74) is 0.253. The summed E-state index contributed by atoms with van der Waals surface area (Å²) < 4.78 is 38.7. The number of hydrazine groups is 1. The number of para-hydroxylation sites is 1. The molecule has 0 fully saturated rings. The normalized spacial score (nSPS) is 12.4. The lowest BCUT2D eigenvalue weighted by Gasteiger charge is -2.25. The number of benzene rings is 1. The number of carbonyl (C=O) groups is 1. The molecule has 3 N–H and O–H groups in total. The Labute approximate surface area is 120 Å². The van der Waals surface area contributed by atoms with Crippen molar-refractivity contribution in [1.29, 1.82) is 5.26 Å². The van der Waals surface area contributed by atoms with Crippen molar-refractivity contribution >= 4 is 11.6 Å². The van der Waals surface area contributed by atoms with Gasteiger partial charge in [0, 0.05) is 13.1 Å². The van der Waals surface area contributed by atoms with Gasteiger partial charge in [-0.15, -0.1) is 0 Å². The number of carbonyl (C=O) groups excluding carboxylic acids is 1. The molecular formula is C13H15F3N4O. The van der Waals surface area contributed by atoms with Gasteiger partial charge in [0.05, 0.1) is 29.3 Å². The molecule has 0 saturated carbocycles. The standard InChI is InChI=1S/C13H15F3N4O/c1-8(6-7-17)20(2)12(21)9-4-3-5-10(11(9)19-18)13(14,15)16/h3-5,8,19H,6,18H2,1-2H3. The number of anilines is 1. The van der Waals surface area contributed by atoms with E-state index in [-0.39, 0.29) is 12.0 Å². The number of nitriles is 1. The summed E-state index contributed by atoms with van der Waals surface area (Å²) in [4.78, 5) is 13.5. The molecular weight excluding hydrogens is 285 g/mol. The van der Waals surface area contributed by atoms with E-state index in [0.29, 0.717) is 0 Å². The smallest absolute Gasteiger partial charge is 0.338 e. The maximum Gasteiger partial charge on any atom is 0.418 e. The highest BCUT2D eigenvalue weighted by Gasteiger charge is 2.35. The zero-order valence-corrected chi connectivity index (χ0v) is 11.5. The van der Waals surface area contributed by atoms with E-state index in [1.807, 2.05) is 11.5 Å². The van der Waals surface area contributed by atoms with Crippen LogP contribution in [0.3, 0.4) is 0 Å². The van der Waals surface area contributed by atoms with E-state index < -0.39 is 29.4 Å². The maximum atomic E-state index is 12.9. The van der Waals surface area contributed by atoms with Crippen LogP contribution in [0.4, 0.5) is 18.9 Å². The lowest BCUT2D eigenvalue weighted by molar-refractivity contribution is -0.137. The number of alkyl halides is 3. The number of nitrogens with one attached hydrogen (secondary N) is 1. The molecule has 1 unspecified atom stereocenters. The number of nitrogen functional groups attached to an aromatic ring is 1. The van der Waals surface area contributed by atoms with E-state index in [4.69, 9.17) is 11.1 Å². The van der Waals surface area contributed by atoms with Crippen LogP contribution in [0.5, 0.6) is 0 Å². The van der Waals surface area contributed by atoms with Gasteiger partial charge in [-0.1, -0.05) is 6.07 Å². The van der Waals surface area contributed by atoms with Crippen molar-refractivity contribution < 1.29 is 18.0 Å². The molecule has 0 aliphatic heterocycles. The molecule has 1 aromatic carbocycles.